The van der Waals surface area contributed by atoms with Crippen LogP contribution in [0, 0.1) is 0 Å². The minimum Gasteiger partial charge on any atom is -0.497 e. The number of ether oxygens (including phenoxy) is 2. The van der Waals surface area contributed by atoms with Crippen LogP contribution in [0.3, 0.4) is 0 Å². The number of methoxy groups -OCH3 is 2. The predicted molar refractivity (Wildman–Crippen MR) is 107 cm³/mol. The average molecular weight is 392 g/mol. The zero-order valence-corrected chi connectivity index (χ0v) is 16.0. The molecule has 0 fully saturated rings. The number of carboxylic acids is 1. The number of fused-ring (bicyclic) bond motifs is 1. The van der Waals surface area contributed by atoms with Gasteiger partial charge in [0.25, 0.3) is 0 Å². The molecular formula is C22H20N2O5. The summed E-state index contributed by atoms with van der Waals surface area (Å²) in [5.41, 5.74) is 2.66. The second kappa shape index (κ2) is 7.35. The van der Waals surface area contributed by atoms with E-state index in [9.17, 15) is 14.7 Å². The van der Waals surface area contributed by atoms with E-state index in [1.165, 1.54) is 6.20 Å². The van der Waals surface area contributed by atoms with Gasteiger partial charge in [-0.05, 0) is 17.7 Å². The molecule has 7 nitrogen and oxygen atoms in total. The van der Waals surface area contributed by atoms with Gasteiger partial charge in [-0.1, -0.05) is 30.3 Å². The molecule has 2 N–H and O–H groups in total. The highest BCUT2D eigenvalue weighted by atomic mass is 16.5. The van der Waals surface area contributed by atoms with E-state index in [2.05, 4.69) is 5.32 Å². The summed E-state index contributed by atoms with van der Waals surface area (Å²) < 4.78 is 12.6. The quantitative estimate of drug-likeness (QED) is 0.692. The largest absolute Gasteiger partial charge is 0.497 e. The number of carboxylic acid groups (broad SMARTS) is 1. The number of hydrogen-bond acceptors (Lipinski definition) is 4. The Morgan fingerprint density at radius 3 is 2.55 bits per heavy atom. The number of aromatic carboxylic acids is 1. The number of benzene rings is 2. The number of nitrogens with one attached hydrogen (secondary N) is 1. The fourth-order valence-electron chi connectivity index (χ4n) is 3.77. The Kier molecular flexibility index (Phi) is 4.72. The maximum Gasteiger partial charge on any atom is 0.339 e. The molecular weight excluding hydrogens is 372 g/mol. The van der Waals surface area contributed by atoms with Crippen molar-refractivity contribution in [1.82, 2.24) is 4.57 Å². The summed E-state index contributed by atoms with van der Waals surface area (Å²) >= 11 is 0. The van der Waals surface area contributed by atoms with Crippen molar-refractivity contribution < 1.29 is 24.2 Å². The van der Waals surface area contributed by atoms with E-state index in [0.29, 0.717) is 28.6 Å². The van der Waals surface area contributed by atoms with Crippen molar-refractivity contribution in [2.24, 2.45) is 0 Å². The van der Waals surface area contributed by atoms with Gasteiger partial charge in [0.1, 0.15) is 17.1 Å². The topological polar surface area (TPSA) is 89.8 Å². The van der Waals surface area contributed by atoms with Crippen LogP contribution in [0.25, 0.3) is 5.69 Å². The molecule has 29 heavy (non-hydrogen) atoms. The molecule has 0 unspecified atom stereocenters. The molecule has 3 aromatic rings. The zero-order chi connectivity index (χ0) is 20.5. The summed E-state index contributed by atoms with van der Waals surface area (Å²) in [7, 11) is 3.11. The normalized spacial score (nSPS) is 15.4. The molecule has 2 heterocycles. The molecule has 0 saturated carbocycles. The molecule has 0 saturated heterocycles. The first-order valence-corrected chi connectivity index (χ1v) is 9.09. The molecule has 0 spiro atoms. The fraction of sp³-hybridized carbons (Fsp3) is 0.182. The van der Waals surface area contributed by atoms with Gasteiger partial charge in [0.2, 0.25) is 5.91 Å². The first kappa shape index (κ1) is 18.6. The molecule has 2 aromatic carbocycles. The van der Waals surface area contributed by atoms with Crippen molar-refractivity contribution in [1.29, 1.82) is 0 Å². The van der Waals surface area contributed by atoms with Crippen LogP contribution in [0.4, 0.5) is 5.69 Å². The van der Waals surface area contributed by atoms with Crippen molar-refractivity contribution in [3.8, 4) is 17.2 Å². The van der Waals surface area contributed by atoms with E-state index >= 15 is 0 Å². The SMILES string of the molecule is COc1ccc(-n2cc(C(=O)O)c3c2[C@H](c2ccccc2)CC(=O)N3)c(OC)c1. The lowest BCUT2D eigenvalue weighted by molar-refractivity contribution is -0.116. The van der Waals surface area contributed by atoms with Gasteiger partial charge in [-0.15, -0.1) is 0 Å². The standard InChI is InChI=1S/C22H20N2O5/c1-28-14-8-9-17(18(10-14)29-2)24-12-16(22(26)27)20-21(24)15(11-19(25)23-20)13-6-4-3-5-7-13/h3-10,12,15H,11H2,1-2H3,(H,23,25)(H,26,27)/t15-/m0/s1. The summed E-state index contributed by atoms with van der Waals surface area (Å²) in [6.07, 6.45) is 1.75. The lowest BCUT2D eigenvalue weighted by Gasteiger charge is -2.26. The Hall–Kier alpha value is -3.74. The smallest absolute Gasteiger partial charge is 0.339 e. The van der Waals surface area contributed by atoms with Crippen LogP contribution in [0.5, 0.6) is 11.5 Å². The predicted octanol–water partition coefficient (Wildman–Crippen LogP) is 3.67. The van der Waals surface area contributed by atoms with Gasteiger partial charge in [-0.2, -0.15) is 0 Å². The molecule has 1 aliphatic rings. The minimum atomic E-state index is -1.11. The van der Waals surface area contributed by atoms with E-state index in [1.807, 2.05) is 36.4 Å². The molecule has 4 rings (SSSR count). The molecule has 0 radical (unpaired) electrons. The van der Waals surface area contributed by atoms with Crippen LogP contribution in [0.15, 0.2) is 54.7 Å². The Morgan fingerprint density at radius 1 is 1.14 bits per heavy atom. The maximum absolute atomic E-state index is 12.4. The second-order valence-electron chi connectivity index (χ2n) is 6.73. The van der Waals surface area contributed by atoms with Crippen molar-refractivity contribution in [3.05, 3.63) is 71.5 Å². The number of carbonyl (C=O) groups excluding carboxylic acids is 1. The van der Waals surface area contributed by atoms with Gasteiger partial charge >= 0.3 is 5.97 Å². The molecule has 1 atom stereocenters. The Balaban J connectivity index is 1.99. The number of anilines is 1. The summed E-state index contributed by atoms with van der Waals surface area (Å²) in [4.78, 5) is 24.3. The molecule has 1 amide bonds. The van der Waals surface area contributed by atoms with E-state index in [4.69, 9.17) is 9.47 Å². The maximum atomic E-state index is 12.4. The zero-order valence-electron chi connectivity index (χ0n) is 16.0. The Morgan fingerprint density at radius 2 is 1.90 bits per heavy atom. The van der Waals surface area contributed by atoms with Crippen LogP contribution in [0.1, 0.15) is 34.0 Å². The van der Waals surface area contributed by atoms with Crippen LogP contribution in [0.2, 0.25) is 0 Å². The second-order valence-corrected chi connectivity index (χ2v) is 6.73. The van der Waals surface area contributed by atoms with E-state index in [0.717, 1.165) is 5.56 Å². The first-order chi connectivity index (χ1) is 14.0. The summed E-state index contributed by atoms with van der Waals surface area (Å²) in [5.74, 6) is -0.463. The summed E-state index contributed by atoms with van der Waals surface area (Å²) in [6.45, 7) is 0. The highest BCUT2D eigenvalue weighted by Crippen LogP contribution is 2.43. The average Bonchev–Trinajstić information content (AvgIpc) is 3.12. The van der Waals surface area contributed by atoms with Crippen molar-refractivity contribution >= 4 is 17.6 Å². The fourth-order valence-corrected chi connectivity index (χ4v) is 3.77. The van der Waals surface area contributed by atoms with Gasteiger partial charge < -0.3 is 24.5 Å². The molecule has 1 aliphatic heterocycles. The monoisotopic (exact) mass is 392 g/mol. The highest BCUT2D eigenvalue weighted by molar-refractivity contribution is 6.04. The Labute approximate surface area is 167 Å². The van der Waals surface area contributed by atoms with Crippen LogP contribution >= 0.6 is 0 Å². The van der Waals surface area contributed by atoms with Gasteiger partial charge in [0.05, 0.1) is 31.3 Å². The van der Waals surface area contributed by atoms with Crippen LogP contribution < -0.4 is 14.8 Å². The number of amides is 1. The molecule has 148 valence electrons. The minimum absolute atomic E-state index is 0.0341. The number of nitrogens with zero attached hydrogens (tertiary/aromatic N) is 1. The van der Waals surface area contributed by atoms with Crippen molar-refractivity contribution in [2.75, 3.05) is 19.5 Å². The number of carbonyl (C=O) groups is 2. The van der Waals surface area contributed by atoms with E-state index < -0.39 is 5.97 Å². The van der Waals surface area contributed by atoms with E-state index in [-0.39, 0.29) is 23.8 Å². The third-order valence-corrected chi connectivity index (χ3v) is 5.11. The summed E-state index contributed by atoms with van der Waals surface area (Å²) in [6, 6.07) is 14.9. The highest BCUT2D eigenvalue weighted by Gasteiger charge is 2.34. The van der Waals surface area contributed by atoms with Gasteiger partial charge in [-0.3, -0.25) is 4.79 Å². The van der Waals surface area contributed by atoms with Crippen molar-refractivity contribution in [2.45, 2.75) is 12.3 Å². The number of rotatable bonds is 5. The van der Waals surface area contributed by atoms with E-state index in [1.54, 1.807) is 30.9 Å². The van der Waals surface area contributed by atoms with Crippen molar-refractivity contribution in [3.63, 3.8) is 0 Å². The lowest BCUT2D eigenvalue weighted by Crippen LogP contribution is -2.25. The lowest BCUT2D eigenvalue weighted by atomic mass is 9.88. The van der Waals surface area contributed by atoms with Crippen LogP contribution in [-0.4, -0.2) is 35.8 Å². The molecule has 0 aliphatic carbocycles. The number of hydrogen-bond donors (Lipinski definition) is 2. The third-order valence-electron chi connectivity index (χ3n) is 5.11. The van der Waals surface area contributed by atoms with Crippen LogP contribution in [-0.2, 0) is 4.79 Å². The summed E-state index contributed by atoms with van der Waals surface area (Å²) in [5, 5.41) is 12.5. The molecule has 1 aromatic heterocycles. The third kappa shape index (κ3) is 3.20. The van der Waals surface area contributed by atoms with Gasteiger partial charge in [0, 0.05) is 24.6 Å². The Bertz CT molecular complexity index is 1090. The molecule has 7 heteroatoms. The molecule has 0 bridgehead atoms. The first-order valence-electron chi connectivity index (χ1n) is 9.09. The van der Waals surface area contributed by atoms with Gasteiger partial charge in [-0.25, -0.2) is 4.79 Å². The van der Waals surface area contributed by atoms with Gasteiger partial charge in [0.15, 0.2) is 0 Å². The number of aromatic nitrogens is 1.